The number of aliphatic hydroxyl groups is 1. The van der Waals surface area contributed by atoms with Gasteiger partial charge in [-0.25, -0.2) is 12.7 Å². The van der Waals surface area contributed by atoms with Crippen LogP contribution < -0.4 is 5.32 Å². The summed E-state index contributed by atoms with van der Waals surface area (Å²) in [5.74, 6) is 0.145. The fourth-order valence-electron chi connectivity index (χ4n) is 1.86. The smallest absolute Gasteiger partial charge is 0.215 e. The van der Waals surface area contributed by atoms with Gasteiger partial charge in [-0.1, -0.05) is 0 Å². The summed E-state index contributed by atoms with van der Waals surface area (Å²) in [7, 11) is -1.38. The van der Waals surface area contributed by atoms with Crippen molar-refractivity contribution in [1.82, 2.24) is 9.62 Å². The van der Waals surface area contributed by atoms with Crippen molar-refractivity contribution in [2.24, 2.45) is 0 Å². The van der Waals surface area contributed by atoms with E-state index >= 15 is 0 Å². The highest BCUT2D eigenvalue weighted by atomic mass is 32.2. The molecule has 0 radical (unpaired) electrons. The van der Waals surface area contributed by atoms with E-state index in [1.165, 1.54) is 4.31 Å². The Morgan fingerprint density at radius 2 is 2.06 bits per heavy atom. The van der Waals surface area contributed by atoms with Crippen LogP contribution in [0.4, 0.5) is 0 Å². The lowest BCUT2D eigenvalue weighted by Crippen LogP contribution is -2.43. The van der Waals surface area contributed by atoms with Crippen LogP contribution in [-0.2, 0) is 14.8 Å². The van der Waals surface area contributed by atoms with Gasteiger partial charge in [0.05, 0.1) is 25.1 Å². The Balaban J connectivity index is 2.35. The monoisotopic (exact) mass is 266 g/mol. The van der Waals surface area contributed by atoms with Gasteiger partial charge in [0.2, 0.25) is 10.0 Å². The van der Waals surface area contributed by atoms with Gasteiger partial charge in [-0.2, -0.15) is 0 Å². The van der Waals surface area contributed by atoms with Gasteiger partial charge in [-0.3, -0.25) is 0 Å². The Kier molecular flexibility index (Phi) is 6.35. The second-order valence-corrected chi connectivity index (χ2v) is 6.20. The summed E-state index contributed by atoms with van der Waals surface area (Å²) >= 11 is 0. The van der Waals surface area contributed by atoms with Crippen LogP contribution in [0.1, 0.15) is 12.8 Å². The molecule has 2 N–H and O–H groups in total. The molecule has 0 amide bonds. The van der Waals surface area contributed by atoms with E-state index in [9.17, 15) is 8.42 Å². The maximum absolute atomic E-state index is 11.9. The van der Waals surface area contributed by atoms with Gasteiger partial charge in [0.25, 0.3) is 0 Å². The number of hydrogen-bond acceptors (Lipinski definition) is 5. The molecule has 0 unspecified atom stereocenters. The minimum Gasteiger partial charge on any atom is -0.394 e. The molecule has 0 aromatic heterocycles. The summed E-state index contributed by atoms with van der Waals surface area (Å²) in [6.07, 6.45) is 1.50. The fraction of sp³-hybridized carbons (Fsp3) is 1.00. The van der Waals surface area contributed by atoms with E-state index < -0.39 is 10.0 Å². The van der Waals surface area contributed by atoms with Crippen molar-refractivity contribution in [3.05, 3.63) is 0 Å². The van der Waals surface area contributed by atoms with Crippen LogP contribution in [0, 0.1) is 0 Å². The third-order valence-electron chi connectivity index (χ3n) is 2.85. The van der Waals surface area contributed by atoms with Crippen LogP contribution in [0.5, 0.6) is 0 Å². The lowest BCUT2D eigenvalue weighted by molar-refractivity contribution is 0.00319. The van der Waals surface area contributed by atoms with Gasteiger partial charge in [-0.15, -0.1) is 0 Å². The summed E-state index contributed by atoms with van der Waals surface area (Å²) in [4.78, 5) is 0. The Morgan fingerprint density at radius 3 is 2.59 bits per heavy atom. The molecule has 1 rings (SSSR count). The Hall–Kier alpha value is -0.210. The van der Waals surface area contributed by atoms with E-state index in [1.807, 2.05) is 0 Å². The molecule has 1 saturated heterocycles. The highest BCUT2D eigenvalue weighted by molar-refractivity contribution is 7.89. The Bertz CT molecular complexity index is 299. The SMILES string of the molecule is CNCCS(=O)(=O)N1CCC(OCCO)CC1. The van der Waals surface area contributed by atoms with Crippen molar-refractivity contribution in [1.29, 1.82) is 0 Å². The summed E-state index contributed by atoms with van der Waals surface area (Å²) in [5, 5.41) is 11.5. The van der Waals surface area contributed by atoms with Gasteiger partial charge in [0, 0.05) is 19.6 Å². The van der Waals surface area contributed by atoms with Crippen molar-refractivity contribution >= 4 is 10.0 Å². The maximum Gasteiger partial charge on any atom is 0.215 e. The van der Waals surface area contributed by atoms with Crippen molar-refractivity contribution in [2.75, 3.05) is 45.6 Å². The number of ether oxygens (including phenoxy) is 1. The molecule has 0 aliphatic carbocycles. The molecule has 7 heteroatoms. The normalized spacial score (nSPS) is 19.6. The van der Waals surface area contributed by atoms with Crippen LogP contribution >= 0.6 is 0 Å². The first-order valence-electron chi connectivity index (χ1n) is 5.95. The number of sulfonamides is 1. The molecule has 1 fully saturated rings. The zero-order chi connectivity index (χ0) is 12.7. The van der Waals surface area contributed by atoms with E-state index in [0.717, 1.165) is 0 Å². The molecule has 0 aromatic carbocycles. The number of piperidine rings is 1. The minimum absolute atomic E-state index is 0.0146. The van der Waals surface area contributed by atoms with Gasteiger partial charge in [-0.05, 0) is 19.9 Å². The number of nitrogens with one attached hydrogen (secondary N) is 1. The number of hydrogen-bond donors (Lipinski definition) is 2. The quantitative estimate of drug-likeness (QED) is 0.618. The molecule has 0 bridgehead atoms. The van der Waals surface area contributed by atoms with E-state index in [1.54, 1.807) is 7.05 Å². The molecule has 1 aliphatic rings. The molecule has 0 saturated carbocycles. The zero-order valence-electron chi connectivity index (χ0n) is 10.3. The topological polar surface area (TPSA) is 78.9 Å². The Morgan fingerprint density at radius 1 is 1.41 bits per heavy atom. The lowest BCUT2D eigenvalue weighted by atomic mass is 10.1. The predicted octanol–water partition coefficient (Wildman–Crippen LogP) is -0.991. The second kappa shape index (κ2) is 7.27. The average Bonchev–Trinajstić information content (AvgIpc) is 2.34. The molecule has 0 atom stereocenters. The largest absolute Gasteiger partial charge is 0.394 e. The molecule has 102 valence electrons. The molecule has 0 aromatic rings. The molecule has 1 heterocycles. The maximum atomic E-state index is 11.9. The highest BCUT2D eigenvalue weighted by Gasteiger charge is 2.27. The van der Waals surface area contributed by atoms with Crippen LogP contribution in [0.15, 0.2) is 0 Å². The summed E-state index contributed by atoms with van der Waals surface area (Å²) in [5.41, 5.74) is 0. The first kappa shape index (κ1) is 14.8. The average molecular weight is 266 g/mol. The molecular formula is C10H22N2O4S. The summed E-state index contributed by atoms with van der Waals surface area (Å²) in [6, 6.07) is 0. The third kappa shape index (κ3) is 4.89. The summed E-state index contributed by atoms with van der Waals surface area (Å²) in [6.45, 7) is 1.85. The number of nitrogens with zero attached hydrogens (tertiary/aromatic N) is 1. The van der Waals surface area contributed by atoms with Crippen LogP contribution in [-0.4, -0.2) is 69.6 Å². The lowest BCUT2D eigenvalue weighted by Gasteiger charge is -2.31. The van der Waals surface area contributed by atoms with Gasteiger partial charge in [0.1, 0.15) is 0 Å². The predicted molar refractivity (Wildman–Crippen MR) is 65.3 cm³/mol. The van der Waals surface area contributed by atoms with E-state index in [2.05, 4.69) is 5.32 Å². The molecule has 0 spiro atoms. The molecule has 1 aliphatic heterocycles. The van der Waals surface area contributed by atoms with Crippen LogP contribution in [0.3, 0.4) is 0 Å². The first-order chi connectivity index (χ1) is 8.10. The van der Waals surface area contributed by atoms with E-state index in [-0.39, 0.29) is 18.5 Å². The van der Waals surface area contributed by atoms with Gasteiger partial charge < -0.3 is 15.2 Å². The molecule has 6 nitrogen and oxygen atoms in total. The number of rotatable bonds is 7. The number of aliphatic hydroxyl groups excluding tert-OH is 1. The van der Waals surface area contributed by atoms with Gasteiger partial charge >= 0.3 is 0 Å². The van der Waals surface area contributed by atoms with E-state index in [0.29, 0.717) is 39.1 Å². The molecular weight excluding hydrogens is 244 g/mol. The molecule has 17 heavy (non-hydrogen) atoms. The Labute approximate surface area is 103 Å². The second-order valence-electron chi connectivity index (χ2n) is 4.11. The fourth-order valence-corrected chi connectivity index (χ4v) is 3.34. The third-order valence-corrected chi connectivity index (χ3v) is 4.72. The van der Waals surface area contributed by atoms with Crippen LogP contribution in [0.25, 0.3) is 0 Å². The van der Waals surface area contributed by atoms with Crippen LogP contribution in [0.2, 0.25) is 0 Å². The first-order valence-corrected chi connectivity index (χ1v) is 7.56. The van der Waals surface area contributed by atoms with Crippen molar-refractivity contribution < 1.29 is 18.3 Å². The summed E-state index contributed by atoms with van der Waals surface area (Å²) < 4.78 is 30.7. The standard InChI is InChI=1S/C10H22N2O4S/c1-11-4-9-17(14,15)12-5-2-10(3-6-12)16-8-7-13/h10-11,13H,2-9H2,1H3. The van der Waals surface area contributed by atoms with Crippen molar-refractivity contribution in [2.45, 2.75) is 18.9 Å². The zero-order valence-corrected chi connectivity index (χ0v) is 11.1. The van der Waals surface area contributed by atoms with Crippen molar-refractivity contribution in [3.63, 3.8) is 0 Å². The minimum atomic E-state index is -3.12. The van der Waals surface area contributed by atoms with E-state index in [4.69, 9.17) is 9.84 Å². The van der Waals surface area contributed by atoms with Crippen molar-refractivity contribution in [3.8, 4) is 0 Å². The highest BCUT2D eigenvalue weighted by Crippen LogP contribution is 2.16. The van der Waals surface area contributed by atoms with Gasteiger partial charge in [0.15, 0.2) is 0 Å².